The summed E-state index contributed by atoms with van der Waals surface area (Å²) in [5.74, 6) is 1.28. The molecule has 0 aromatic heterocycles. The summed E-state index contributed by atoms with van der Waals surface area (Å²) in [6.45, 7) is 4.45. The van der Waals surface area contributed by atoms with E-state index < -0.39 is 0 Å². The van der Waals surface area contributed by atoms with Crippen LogP contribution in [0.3, 0.4) is 0 Å². The third-order valence-electron chi connectivity index (χ3n) is 3.02. The molecular formula is C10H14N2. The van der Waals surface area contributed by atoms with Crippen molar-refractivity contribution in [2.45, 2.75) is 25.7 Å². The van der Waals surface area contributed by atoms with E-state index in [1.54, 1.807) is 0 Å². The van der Waals surface area contributed by atoms with Gasteiger partial charge in [-0.2, -0.15) is 0 Å². The summed E-state index contributed by atoms with van der Waals surface area (Å²) in [4.78, 5) is 0. The van der Waals surface area contributed by atoms with Crippen LogP contribution in [-0.2, 0) is 0 Å². The summed E-state index contributed by atoms with van der Waals surface area (Å²) in [6.07, 6.45) is 0. The summed E-state index contributed by atoms with van der Waals surface area (Å²) < 4.78 is 0. The number of fused-ring (bicyclic) bond motifs is 1. The van der Waals surface area contributed by atoms with Crippen LogP contribution in [0.25, 0.3) is 0 Å². The molecule has 2 heteroatoms. The van der Waals surface area contributed by atoms with Crippen LogP contribution < -0.4 is 11.5 Å². The molecule has 1 aromatic carbocycles. The largest absolute Gasteiger partial charge is 0.397 e. The molecule has 12 heavy (non-hydrogen) atoms. The Kier molecular flexibility index (Phi) is 1.34. The Morgan fingerprint density at radius 3 is 1.58 bits per heavy atom. The van der Waals surface area contributed by atoms with Crippen molar-refractivity contribution in [3.8, 4) is 0 Å². The minimum atomic E-state index is 0.642. The van der Waals surface area contributed by atoms with Crippen LogP contribution in [0.15, 0.2) is 12.1 Å². The SMILES string of the molecule is CC1c2cc(N)c(N)cc2C1C. The summed E-state index contributed by atoms with van der Waals surface area (Å²) in [7, 11) is 0. The normalized spacial score (nSPS) is 26.2. The summed E-state index contributed by atoms with van der Waals surface area (Å²) in [5, 5.41) is 0. The average molecular weight is 162 g/mol. The molecule has 1 aromatic rings. The molecule has 0 heterocycles. The van der Waals surface area contributed by atoms with E-state index in [-0.39, 0.29) is 0 Å². The van der Waals surface area contributed by atoms with Crippen molar-refractivity contribution in [1.82, 2.24) is 0 Å². The highest BCUT2D eigenvalue weighted by atomic mass is 14.7. The van der Waals surface area contributed by atoms with Gasteiger partial charge in [0.15, 0.2) is 0 Å². The Balaban J connectivity index is 2.55. The Morgan fingerprint density at radius 2 is 1.25 bits per heavy atom. The van der Waals surface area contributed by atoms with Gasteiger partial charge in [-0.3, -0.25) is 0 Å². The van der Waals surface area contributed by atoms with Gasteiger partial charge in [0.1, 0.15) is 0 Å². The van der Waals surface area contributed by atoms with Gasteiger partial charge >= 0.3 is 0 Å². The number of nitrogens with two attached hydrogens (primary N) is 2. The standard InChI is InChI=1S/C10H14N2/c1-5-6(2)8-4-10(12)9(11)3-7(5)8/h3-6H,11-12H2,1-2H3. The maximum absolute atomic E-state index is 5.71. The third-order valence-corrected chi connectivity index (χ3v) is 3.02. The van der Waals surface area contributed by atoms with E-state index in [1.807, 2.05) is 12.1 Å². The van der Waals surface area contributed by atoms with Gasteiger partial charge in [0.05, 0.1) is 11.4 Å². The summed E-state index contributed by atoms with van der Waals surface area (Å²) in [6, 6.07) is 4.02. The van der Waals surface area contributed by atoms with Crippen LogP contribution in [0.1, 0.15) is 36.8 Å². The van der Waals surface area contributed by atoms with E-state index in [1.165, 1.54) is 11.1 Å². The lowest BCUT2D eigenvalue weighted by atomic mass is 9.70. The van der Waals surface area contributed by atoms with Gasteiger partial charge < -0.3 is 11.5 Å². The molecule has 0 amide bonds. The highest BCUT2D eigenvalue weighted by molar-refractivity contribution is 5.69. The lowest BCUT2D eigenvalue weighted by Crippen LogP contribution is -2.20. The highest BCUT2D eigenvalue weighted by Gasteiger charge is 2.30. The molecule has 64 valence electrons. The van der Waals surface area contributed by atoms with E-state index in [9.17, 15) is 0 Å². The van der Waals surface area contributed by atoms with Crippen LogP contribution >= 0.6 is 0 Å². The zero-order chi connectivity index (χ0) is 8.88. The Bertz CT molecular complexity index is 298. The van der Waals surface area contributed by atoms with E-state index in [0.29, 0.717) is 23.2 Å². The van der Waals surface area contributed by atoms with Gasteiger partial charge in [0.25, 0.3) is 0 Å². The zero-order valence-corrected chi connectivity index (χ0v) is 7.46. The van der Waals surface area contributed by atoms with E-state index >= 15 is 0 Å². The molecule has 0 radical (unpaired) electrons. The maximum Gasteiger partial charge on any atom is 0.0550 e. The van der Waals surface area contributed by atoms with Gasteiger partial charge in [0.2, 0.25) is 0 Å². The predicted octanol–water partition coefficient (Wildman–Crippen LogP) is 2.07. The first-order valence-electron chi connectivity index (χ1n) is 4.30. The van der Waals surface area contributed by atoms with Crippen LogP contribution in [0.2, 0.25) is 0 Å². The van der Waals surface area contributed by atoms with Crippen LogP contribution in [-0.4, -0.2) is 0 Å². The predicted molar refractivity (Wildman–Crippen MR) is 52.1 cm³/mol. The molecule has 2 nitrogen and oxygen atoms in total. The molecule has 2 atom stereocenters. The molecule has 2 unspecified atom stereocenters. The van der Waals surface area contributed by atoms with Gasteiger partial charge in [-0.1, -0.05) is 13.8 Å². The first kappa shape index (κ1) is 7.47. The number of anilines is 2. The Morgan fingerprint density at radius 1 is 0.917 bits per heavy atom. The van der Waals surface area contributed by atoms with E-state index in [0.717, 1.165) is 0 Å². The second-order valence-electron chi connectivity index (χ2n) is 3.69. The topological polar surface area (TPSA) is 52.0 Å². The summed E-state index contributed by atoms with van der Waals surface area (Å²) in [5.41, 5.74) is 15.6. The second kappa shape index (κ2) is 2.16. The monoisotopic (exact) mass is 162 g/mol. The minimum absolute atomic E-state index is 0.642. The van der Waals surface area contributed by atoms with Crippen molar-refractivity contribution in [1.29, 1.82) is 0 Å². The molecule has 0 saturated heterocycles. The second-order valence-corrected chi connectivity index (χ2v) is 3.69. The fraction of sp³-hybridized carbons (Fsp3) is 0.400. The van der Waals surface area contributed by atoms with Crippen LogP contribution in [0.5, 0.6) is 0 Å². The first-order chi connectivity index (χ1) is 5.61. The number of hydrogen-bond donors (Lipinski definition) is 2. The molecule has 4 N–H and O–H groups in total. The van der Waals surface area contributed by atoms with Crippen molar-refractivity contribution in [2.75, 3.05) is 11.5 Å². The Labute approximate surface area is 72.6 Å². The number of benzene rings is 1. The lowest BCUT2D eigenvalue weighted by molar-refractivity contribution is 0.543. The smallest absolute Gasteiger partial charge is 0.0550 e. The molecule has 0 aliphatic heterocycles. The molecule has 0 spiro atoms. The third kappa shape index (κ3) is 0.750. The highest BCUT2D eigenvalue weighted by Crippen LogP contribution is 2.47. The molecule has 0 saturated carbocycles. The molecule has 0 bridgehead atoms. The number of nitrogen functional groups attached to an aromatic ring is 2. The summed E-state index contributed by atoms with van der Waals surface area (Å²) >= 11 is 0. The van der Waals surface area contributed by atoms with Gasteiger partial charge in [-0.25, -0.2) is 0 Å². The number of hydrogen-bond acceptors (Lipinski definition) is 2. The Hall–Kier alpha value is -1.18. The van der Waals surface area contributed by atoms with E-state index in [4.69, 9.17) is 11.5 Å². The van der Waals surface area contributed by atoms with Crippen LogP contribution in [0, 0.1) is 0 Å². The van der Waals surface area contributed by atoms with Crippen molar-refractivity contribution in [3.05, 3.63) is 23.3 Å². The molecule has 2 rings (SSSR count). The maximum atomic E-state index is 5.71. The average Bonchev–Trinajstić information content (AvgIpc) is 2.08. The van der Waals surface area contributed by atoms with Crippen LogP contribution in [0.4, 0.5) is 11.4 Å². The molecule has 1 aliphatic rings. The molecule has 1 aliphatic carbocycles. The minimum Gasteiger partial charge on any atom is -0.397 e. The van der Waals surface area contributed by atoms with Gasteiger partial charge in [-0.15, -0.1) is 0 Å². The first-order valence-corrected chi connectivity index (χ1v) is 4.30. The van der Waals surface area contributed by atoms with Gasteiger partial charge in [0, 0.05) is 0 Å². The van der Waals surface area contributed by atoms with Crippen molar-refractivity contribution in [3.63, 3.8) is 0 Å². The molecular weight excluding hydrogens is 148 g/mol. The van der Waals surface area contributed by atoms with Gasteiger partial charge in [-0.05, 0) is 35.1 Å². The van der Waals surface area contributed by atoms with E-state index in [2.05, 4.69) is 13.8 Å². The quantitative estimate of drug-likeness (QED) is 0.574. The molecule has 0 fully saturated rings. The lowest BCUT2D eigenvalue weighted by Gasteiger charge is -2.35. The van der Waals surface area contributed by atoms with Crippen molar-refractivity contribution in [2.24, 2.45) is 0 Å². The van der Waals surface area contributed by atoms with Crippen molar-refractivity contribution < 1.29 is 0 Å². The fourth-order valence-electron chi connectivity index (χ4n) is 1.90. The fourth-order valence-corrected chi connectivity index (χ4v) is 1.90. The number of rotatable bonds is 0. The van der Waals surface area contributed by atoms with Crippen molar-refractivity contribution >= 4 is 11.4 Å². The zero-order valence-electron chi connectivity index (χ0n) is 7.46.